The molecule has 2 aromatic rings. The van der Waals surface area contributed by atoms with Crippen molar-refractivity contribution in [3.8, 4) is 10.4 Å². The highest BCUT2D eigenvalue weighted by Gasteiger charge is 2.18. The maximum atomic E-state index is 11.2. The van der Waals surface area contributed by atoms with Crippen LogP contribution in [0.3, 0.4) is 0 Å². The zero-order valence-electron chi connectivity index (χ0n) is 9.41. The van der Waals surface area contributed by atoms with Gasteiger partial charge in [-0.3, -0.25) is 0 Å². The van der Waals surface area contributed by atoms with Gasteiger partial charge < -0.3 is 5.11 Å². The third kappa shape index (κ3) is 2.65. The number of halogens is 2. The summed E-state index contributed by atoms with van der Waals surface area (Å²) in [6, 6.07) is 5.66. The van der Waals surface area contributed by atoms with E-state index in [-0.39, 0.29) is 5.69 Å². The molecule has 0 amide bonds. The predicted molar refractivity (Wildman–Crippen MR) is 79.3 cm³/mol. The van der Waals surface area contributed by atoms with Gasteiger partial charge in [0.25, 0.3) is 0 Å². The van der Waals surface area contributed by atoms with Crippen molar-refractivity contribution in [3.05, 3.63) is 37.8 Å². The minimum absolute atomic E-state index is 0.131. The van der Waals surface area contributed by atoms with Gasteiger partial charge in [-0.25, -0.2) is 9.78 Å². The Morgan fingerprint density at radius 3 is 2.67 bits per heavy atom. The molecule has 0 fully saturated rings. The average Bonchev–Trinajstić information content (AvgIpc) is 2.77. The van der Waals surface area contributed by atoms with Crippen LogP contribution < -0.4 is 0 Å². The normalized spacial score (nSPS) is 10.6. The Kier molecular flexibility index (Phi) is 4.19. The van der Waals surface area contributed by atoms with Gasteiger partial charge in [-0.05, 0) is 56.0 Å². The maximum absolute atomic E-state index is 11.2. The minimum Gasteiger partial charge on any atom is -0.476 e. The lowest BCUT2D eigenvalue weighted by atomic mass is 10.1. The molecule has 0 spiro atoms. The Hall–Kier alpha value is -0.720. The van der Waals surface area contributed by atoms with Gasteiger partial charge >= 0.3 is 5.97 Å². The van der Waals surface area contributed by atoms with Gasteiger partial charge in [0.2, 0.25) is 0 Å². The summed E-state index contributed by atoms with van der Waals surface area (Å²) in [6.07, 6.45) is 0.739. The summed E-state index contributed by atoms with van der Waals surface area (Å²) in [7, 11) is 0. The van der Waals surface area contributed by atoms with Crippen LogP contribution in [0, 0.1) is 0 Å². The van der Waals surface area contributed by atoms with Crippen LogP contribution in [-0.2, 0) is 6.42 Å². The number of aromatic carboxylic acids is 1. The molecule has 0 aliphatic carbocycles. The van der Waals surface area contributed by atoms with Crippen molar-refractivity contribution < 1.29 is 9.90 Å². The van der Waals surface area contributed by atoms with Gasteiger partial charge in [-0.15, -0.1) is 11.3 Å². The summed E-state index contributed by atoms with van der Waals surface area (Å²) in [5.74, 6) is -0.986. The van der Waals surface area contributed by atoms with Crippen molar-refractivity contribution in [2.45, 2.75) is 13.3 Å². The average molecular weight is 391 g/mol. The number of carbonyl (C=O) groups is 1. The lowest BCUT2D eigenvalue weighted by molar-refractivity contribution is 0.0692. The van der Waals surface area contributed by atoms with E-state index in [1.165, 1.54) is 11.3 Å². The smallest absolute Gasteiger partial charge is 0.356 e. The molecule has 94 valence electrons. The first-order valence-corrected chi connectivity index (χ1v) is 7.61. The van der Waals surface area contributed by atoms with E-state index in [9.17, 15) is 9.90 Å². The lowest BCUT2D eigenvalue weighted by Gasteiger charge is -2.01. The van der Waals surface area contributed by atoms with Gasteiger partial charge in [0, 0.05) is 8.95 Å². The molecular formula is C12H9Br2NO2S. The molecule has 2 rings (SSSR count). The summed E-state index contributed by atoms with van der Waals surface area (Å²) >= 11 is 8.24. The Bertz CT molecular complexity index is 610. The molecule has 1 aromatic carbocycles. The highest BCUT2D eigenvalue weighted by Crippen LogP contribution is 2.34. The number of hydrogen-bond donors (Lipinski definition) is 1. The van der Waals surface area contributed by atoms with Gasteiger partial charge in [-0.2, -0.15) is 0 Å². The lowest BCUT2D eigenvalue weighted by Crippen LogP contribution is -1.99. The van der Waals surface area contributed by atoms with Crippen molar-refractivity contribution in [2.75, 3.05) is 0 Å². The molecule has 0 aliphatic heterocycles. The second-order valence-electron chi connectivity index (χ2n) is 3.57. The first-order chi connectivity index (χ1) is 8.52. The standard InChI is InChI=1S/C12H9Br2NO2S/c1-2-9-15-10(12(16)17)11(18-9)6-3-4-7(13)8(14)5-6/h3-5H,2H2,1H3,(H,16,17). The first-order valence-electron chi connectivity index (χ1n) is 5.21. The van der Waals surface area contributed by atoms with Crippen molar-refractivity contribution in [1.29, 1.82) is 0 Å². The molecule has 0 saturated carbocycles. The molecule has 0 radical (unpaired) electrons. The predicted octanol–water partition coefficient (Wildman–Crippen LogP) is 4.60. The third-order valence-electron chi connectivity index (χ3n) is 2.36. The molecule has 1 N–H and O–H groups in total. The number of nitrogens with zero attached hydrogens (tertiary/aromatic N) is 1. The van der Waals surface area contributed by atoms with Gasteiger partial charge in [0.05, 0.1) is 9.88 Å². The fourth-order valence-corrected chi connectivity index (χ4v) is 3.11. The number of thiazole rings is 1. The van der Waals surface area contributed by atoms with E-state index in [1.807, 2.05) is 25.1 Å². The van der Waals surface area contributed by atoms with Gasteiger partial charge in [-0.1, -0.05) is 13.0 Å². The highest BCUT2D eigenvalue weighted by atomic mass is 79.9. The largest absolute Gasteiger partial charge is 0.476 e. The molecular weight excluding hydrogens is 382 g/mol. The van der Waals surface area contributed by atoms with Gasteiger partial charge in [0.15, 0.2) is 5.69 Å². The Balaban J connectivity index is 2.58. The van der Waals surface area contributed by atoms with E-state index in [0.717, 1.165) is 25.9 Å². The van der Waals surface area contributed by atoms with Crippen LogP contribution in [0.4, 0.5) is 0 Å². The monoisotopic (exact) mass is 389 g/mol. The van der Waals surface area contributed by atoms with Crippen LogP contribution in [0.1, 0.15) is 22.4 Å². The van der Waals surface area contributed by atoms with E-state index in [2.05, 4.69) is 36.8 Å². The summed E-state index contributed by atoms with van der Waals surface area (Å²) in [6.45, 7) is 1.96. The van der Waals surface area contributed by atoms with Crippen LogP contribution in [0.2, 0.25) is 0 Å². The zero-order chi connectivity index (χ0) is 13.3. The molecule has 0 unspecified atom stereocenters. The first kappa shape index (κ1) is 13.7. The molecule has 3 nitrogen and oxygen atoms in total. The number of hydrogen-bond acceptors (Lipinski definition) is 3. The molecule has 1 heterocycles. The number of rotatable bonds is 3. The van der Waals surface area contributed by atoms with Crippen molar-refractivity contribution in [3.63, 3.8) is 0 Å². The molecule has 0 bridgehead atoms. The second-order valence-corrected chi connectivity index (χ2v) is 6.37. The number of benzene rings is 1. The summed E-state index contributed by atoms with van der Waals surface area (Å²) < 4.78 is 1.83. The highest BCUT2D eigenvalue weighted by molar-refractivity contribution is 9.13. The number of carboxylic acid groups (broad SMARTS) is 1. The van der Waals surface area contributed by atoms with Gasteiger partial charge in [0.1, 0.15) is 0 Å². The maximum Gasteiger partial charge on any atom is 0.356 e. The van der Waals surface area contributed by atoms with Crippen LogP contribution in [0.5, 0.6) is 0 Å². The van der Waals surface area contributed by atoms with E-state index in [4.69, 9.17) is 0 Å². The van der Waals surface area contributed by atoms with Crippen molar-refractivity contribution >= 4 is 49.2 Å². The summed E-state index contributed by atoms with van der Waals surface area (Å²) in [5, 5.41) is 10.0. The van der Waals surface area contributed by atoms with Crippen LogP contribution in [-0.4, -0.2) is 16.1 Å². The summed E-state index contributed by atoms with van der Waals surface area (Å²) in [4.78, 5) is 16.0. The Morgan fingerprint density at radius 2 is 2.11 bits per heavy atom. The molecule has 6 heteroatoms. The summed E-state index contributed by atoms with van der Waals surface area (Å²) in [5.41, 5.74) is 0.991. The van der Waals surface area contributed by atoms with Crippen molar-refractivity contribution in [2.24, 2.45) is 0 Å². The molecule has 1 aromatic heterocycles. The van der Waals surface area contributed by atoms with E-state index >= 15 is 0 Å². The molecule has 18 heavy (non-hydrogen) atoms. The SMILES string of the molecule is CCc1nc(C(=O)O)c(-c2ccc(Br)c(Br)c2)s1. The van der Waals surface area contributed by atoms with Crippen molar-refractivity contribution in [1.82, 2.24) is 4.98 Å². The fourth-order valence-electron chi connectivity index (χ4n) is 1.49. The van der Waals surface area contributed by atoms with E-state index in [0.29, 0.717) is 4.88 Å². The third-order valence-corrected chi connectivity index (χ3v) is 5.49. The number of aryl methyl sites for hydroxylation is 1. The quantitative estimate of drug-likeness (QED) is 0.833. The Labute approximate surface area is 125 Å². The second kappa shape index (κ2) is 5.50. The number of carboxylic acids is 1. The minimum atomic E-state index is -0.986. The van der Waals surface area contributed by atoms with E-state index < -0.39 is 5.97 Å². The van der Waals surface area contributed by atoms with Crippen LogP contribution >= 0.6 is 43.2 Å². The molecule has 0 atom stereocenters. The zero-order valence-corrected chi connectivity index (χ0v) is 13.4. The molecule has 0 aliphatic rings. The fraction of sp³-hybridized carbons (Fsp3) is 0.167. The number of aromatic nitrogens is 1. The van der Waals surface area contributed by atoms with Crippen LogP contribution in [0.15, 0.2) is 27.1 Å². The van der Waals surface area contributed by atoms with E-state index in [1.54, 1.807) is 0 Å². The van der Waals surface area contributed by atoms with Crippen LogP contribution in [0.25, 0.3) is 10.4 Å². The Morgan fingerprint density at radius 1 is 1.39 bits per heavy atom. The molecule has 0 saturated heterocycles. The topological polar surface area (TPSA) is 50.2 Å².